The van der Waals surface area contributed by atoms with Gasteiger partial charge in [-0.2, -0.15) is 4.73 Å². The first-order chi connectivity index (χ1) is 11.7. The normalized spacial score (nSPS) is 27.1. The Kier molecular flexibility index (Phi) is 4.01. The van der Waals surface area contributed by atoms with Crippen LogP contribution in [-0.4, -0.2) is 24.8 Å². The number of hydrogen-bond acceptors (Lipinski definition) is 4. The number of ether oxygens (including phenoxy) is 2. The van der Waals surface area contributed by atoms with Gasteiger partial charge in [-0.05, 0) is 24.6 Å². The topological polar surface area (TPSA) is 45.4 Å². The van der Waals surface area contributed by atoms with E-state index in [4.69, 9.17) is 21.1 Å². The van der Waals surface area contributed by atoms with E-state index in [1.807, 2.05) is 24.3 Å². The first-order valence-corrected chi connectivity index (χ1v) is 9.21. The number of methoxy groups -OCH3 is 2. The third-order valence-corrected chi connectivity index (χ3v) is 6.92. The summed E-state index contributed by atoms with van der Waals surface area (Å²) in [7, 11) is 3.37. The van der Waals surface area contributed by atoms with Gasteiger partial charge in [0.15, 0.2) is 6.20 Å². The SMILES string of the molecule is COc1ccc(OC)c2c1[C@H]1[C@H](Sc3cccc[n+]3[O-])[C@@H]2C[C@H]1Cl. The van der Waals surface area contributed by atoms with Gasteiger partial charge in [-0.3, -0.25) is 0 Å². The summed E-state index contributed by atoms with van der Waals surface area (Å²) in [4.78, 5) is 0. The molecule has 4 rings (SSSR count). The van der Waals surface area contributed by atoms with Crippen molar-refractivity contribution in [2.75, 3.05) is 14.2 Å². The van der Waals surface area contributed by atoms with Gasteiger partial charge in [0.1, 0.15) is 11.5 Å². The van der Waals surface area contributed by atoms with Crippen molar-refractivity contribution >= 4 is 23.4 Å². The average molecular weight is 364 g/mol. The van der Waals surface area contributed by atoms with E-state index in [-0.39, 0.29) is 22.5 Å². The smallest absolute Gasteiger partial charge is 0.251 e. The Morgan fingerprint density at radius 3 is 2.50 bits per heavy atom. The predicted molar refractivity (Wildman–Crippen MR) is 94.3 cm³/mol. The number of pyridine rings is 1. The molecule has 2 aliphatic carbocycles. The monoisotopic (exact) mass is 363 g/mol. The zero-order valence-electron chi connectivity index (χ0n) is 13.4. The van der Waals surface area contributed by atoms with Crippen LogP contribution in [0, 0.1) is 5.21 Å². The van der Waals surface area contributed by atoms with Gasteiger partial charge in [-0.1, -0.05) is 11.8 Å². The summed E-state index contributed by atoms with van der Waals surface area (Å²) in [6.45, 7) is 0. The molecule has 0 N–H and O–H groups in total. The lowest BCUT2D eigenvalue weighted by molar-refractivity contribution is -0.645. The molecule has 0 radical (unpaired) electrons. The van der Waals surface area contributed by atoms with Crippen molar-refractivity contribution in [2.45, 2.75) is 33.9 Å². The predicted octanol–water partition coefficient (Wildman–Crippen LogP) is 3.69. The van der Waals surface area contributed by atoms with Crippen molar-refractivity contribution in [1.29, 1.82) is 0 Å². The van der Waals surface area contributed by atoms with Crippen LogP contribution in [0.2, 0.25) is 0 Å². The molecule has 1 saturated carbocycles. The molecule has 1 aromatic carbocycles. The number of thioether (sulfide) groups is 1. The van der Waals surface area contributed by atoms with Crippen molar-refractivity contribution in [3.8, 4) is 11.5 Å². The van der Waals surface area contributed by atoms with Crippen LogP contribution in [0.3, 0.4) is 0 Å². The Bertz CT molecular complexity index is 785. The zero-order chi connectivity index (χ0) is 16.8. The first kappa shape index (κ1) is 15.9. The van der Waals surface area contributed by atoms with E-state index in [1.54, 1.807) is 32.0 Å². The molecule has 2 bridgehead atoms. The number of aromatic nitrogens is 1. The van der Waals surface area contributed by atoms with Crippen LogP contribution < -0.4 is 14.2 Å². The molecule has 0 unspecified atom stereocenters. The standard InChI is InChI=1S/C18H18ClNO3S/c1-22-12-6-7-13(23-2)17-15(12)10-9-11(19)16(17)18(10)24-14-5-3-4-8-20(14)21/h3-8,10-11,16,18H,9H2,1-2H3/t10-,11-,16+,18-/m1/s1. The molecular formula is C18H18ClNO3S. The van der Waals surface area contributed by atoms with Gasteiger partial charge in [0, 0.05) is 45.7 Å². The fourth-order valence-corrected chi connectivity index (χ4v) is 6.13. The van der Waals surface area contributed by atoms with Crippen molar-refractivity contribution < 1.29 is 14.2 Å². The van der Waals surface area contributed by atoms with Crippen LogP contribution in [-0.2, 0) is 0 Å². The molecule has 24 heavy (non-hydrogen) atoms. The molecule has 4 nitrogen and oxygen atoms in total. The fourth-order valence-electron chi connectivity index (χ4n) is 4.08. The molecule has 0 amide bonds. The van der Waals surface area contributed by atoms with E-state index in [1.165, 1.54) is 11.8 Å². The Balaban J connectivity index is 1.78. The maximum atomic E-state index is 12.1. The molecule has 4 atom stereocenters. The summed E-state index contributed by atoms with van der Waals surface area (Å²) in [5.41, 5.74) is 2.35. The zero-order valence-corrected chi connectivity index (χ0v) is 15.0. The van der Waals surface area contributed by atoms with E-state index in [9.17, 15) is 5.21 Å². The maximum Gasteiger partial charge on any atom is 0.251 e. The maximum absolute atomic E-state index is 12.1. The number of hydrogen-bond donors (Lipinski definition) is 0. The van der Waals surface area contributed by atoms with Crippen molar-refractivity contribution in [3.63, 3.8) is 0 Å². The van der Waals surface area contributed by atoms with Gasteiger partial charge < -0.3 is 14.7 Å². The summed E-state index contributed by atoms with van der Waals surface area (Å²) in [6.07, 6.45) is 2.43. The van der Waals surface area contributed by atoms with Gasteiger partial charge in [0.2, 0.25) is 0 Å². The van der Waals surface area contributed by atoms with E-state index >= 15 is 0 Å². The second-order valence-corrected chi connectivity index (χ2v) is 7.89. The quantitative estimate of drug-likeness (QED) is 0.472. The molecule has 1 heterocycles. The molecule has 1 fully saturated rings. The highest BCUT2D eigenvalue weighted by molar-refractivity contribution is 7.99. The lowest BCUT2D eigenvalue weighted by Gasteiger charge is -2.23. The molecule has 126 valence electrons. The molecule has 0 spiro atoms. The van der Waals surface area contributed by atoms with E-state index in [0.29, 0.717) is 5.03 Å². The molecular weight excluding hydrogens is 346 g/mol. The Morgan fingerprint density at radius 2 is 1.83 bits per heavy atom. The van der Waals surface area contributed by atoms with Crippen LogP contribution in [0.4, 0.5) is 0 Å². The minimum atomic E-state index is 0.0461. The molecule has 1 aromatic heterocycles. The molecule has 2 aromatic rings. The first-order valence-electron chi connectivity index (χ1n) is 7.89. The molecule has 0 saturated heterocycles. The highest BCUT2D eigenvalue weighted by Gasteiger charge is 2.54. The lowest BCUT2D eigenvalue weighted by atomic mass is 9.90. The van der Waals surface area contributed by atoms with Gasteiger partial charge >= 0.3 is 0 Å². The summed E-state index contributed by atoms with van der Waals surface area (Å²) in [5, 5.41) is 13.0. The highest BCUT2D eigenvalue weighted by atomic mass is 35.5. The number of halogens is 1. The third-order valence-electron chi connectivity index (χ3n) is 5.02. The van der Waals surface area contributed by atoms with Gasteiger partial charge in [-0.25, -0.2) is 0 Å². The van der Waals surface area contributed by atoms with E-state index in [0.717, 1.165) is 28.2 Å². The number of fused-ring (bicyclic) bond motifs is 5. The summed E-state index contributed by atoms with van der Waals surface area (Å²) in [5.74, 6) is 2.16. The van der Waals surface area contributed by atoms with Crippen LogP contribution in [0.1, 0.15) is 29.4 Å². The minimum absolute atomic E-state index is 0.0461. The van der Waals surface area contributed by atoms with E-state index in [2.05, 4.69) is 0 Å². The highest BCUT2D eigenvalue weighted by Crippen LogP contribution is 2.64. The summed E-state index contributed by atoms with van der Waals surface area (Å²) >= 11 is 8.28. The second-order valence-electron chi connectivity index (χ2n) is 6.13. The Hall–Kier alpha value is -1.59. The van der Waals surface area contributed by atoms with Gasteiger partial charge in [0.25, 0.3) is 5.03 Å². The number of nitrogens with zero attached hydrogens (tertiary/aromatic N) is 1. The van der Waals surface area contributed by atoms with Gasteiger partial charge in [-0.15, -0.1) is 11.6 Å². The molecule has 2 aliphatic rings. The van der Waals surface area contributed by atoms with Crippen LogP contribution in [0.25, 0.3) is 0 Å². The van der Waals surface area contributed by atoms with E-state index < -0.39 is 0 Å². The molecule has 0 aliphatic heterocycles. The largest absolute Gasteiger partial charge is 0.618 e. The average Bonchev–Trinajstić information content (AvgIpc) is 3.07. The third kappa shape index (κ3) is 2.25. The molecule has 6 heteroatoms. The van der Waals surface area contributed by atoms with Crippen molar-refractivity contribution in [3.05, 3.63) is 52.9 Å². The van der Waals surface area contributed by atoms with Crippen LogP contribution in [0.15, 0.2) is 41.6 Å². The van der Waals surface area contributed by atoms with Crippen LogP contribution >= 0.6 is 23.4 Å². The fraction of sp³-hybridized carbons (Fsp3) is 0.389. The number of rotatable bonds is 4. The van der Waals surface area contributed by atoms with Crippen molar-refractivity contribution in [1.82, 2.24) is 0 Å². The second kappa shape index (κ2) is 6.05. The Morgan fingerprint density at radius 1 is 1.12 bits per heavy atom. The lowest BCUT2D eigenvalue weighted by Crippen LogP contribution is -2.29. The van der Waals surface area contributed by atoms with Crippen LogP contribution in [0.5, 0.6) is 11.5 Å². The minimum Gasteiger partial charge on any atom is -0.618 e. The number of benzene rings is 1. The summed E-state index contributed by atoms with van der Waals surface area (Å²) in [6, 6.07) is 9.39. The summed E-state index contributed by atoms with van der Waals surface area (Å²) < 4.78 is 12.1. The van der Waals surface area contributed by atoms with Crippen molar-refractivity contribution in [2.24, 2.45) is 0 Å². The Labute approximate surface area is 150 Å². The number of alkyl halides is 1. The van der Waals surface area contributed by atoms with Gasteiger partial charge in [0.05, 0.1) is 14.2 Å².